The third-order valence-electron chi connectivity index (χ3n) is 3.83. The highest BCUT2D eigenvalue weighted by Gasteiger charge is 2.13. The molecule has 0 aliphatic carbocycles. The van der Waals surface area contributed by atoms with Crippen molar-refractivity contribution in [2.45, 2.75) is 6.61 Å². The van der Waals surface area contributed by atoms with Crippen LogP contribution in [0.25, 0.3) is 0 Å². The van der Waals surface area contributed by atoms with Gasteiger partial charge in [-0.05, 0) is 42.0 Å². The summed E-state index contributed by atoms with van der Waals surface area (Å²) in [5, 5.41) is 11.4. The fourth-order valence-electron chi connectivity index (χ4n) is 2.50. The molecule has 0 aromatic heterocycles. The van der Waals surface area contributed by atoms with Gasteiger partial charge in [0.15, 0.2) is 6.61 Å². The van der Waals surface area contributed by atoms with Crippen molar-refractivity contribution >= 4 is 11.6 Å². The summed E-state index contributed by atoms with van der Waals surface area (Å²) in [7, 11) is 0. The molecule has 0 spiro atoms. The molecule has 3 rings (SSSR count). The van der Waals surface area contributed by atoms with E-state index in [9.17, 15) is 9.18 Å². The molecular formula is C22H17FN2O3. The molecule has 6 heteroatoms. The summed E-state index contributed by atoms with van der Waals surface area (Å²) in [4.78, 5) is 12.7. The van der Waals surface area contributed by atoms with Gasteiger partial charge in [-0.2, -0.15) is 5.26 Å². The lowest BCUT2D eigenvalue weighted by atomic mass is 10.1. The van der Waals surface area contributed by atoms with E-state index in [-0.39, 0.29) is 24.9 Å². The third-order valence-corrected chi connectivity index (χ3v) is 3.83. The lowest BCUT2D eigenvalue weighted by Gasteiger charge is -2.12. The summed E-state index contributed by atoms with van der Waals surface area (Å²) < 4.78 is 24.0. The van der Waals surface area contributed by atoms with Gasteiger partial charge in [0.1, 0.15) is 30.0 Å². The van der Waals surface area contributed by atoms with Crippen LogP contribution in [-0.4, -0.2) is 12.5 Å². The number of ether oxygens (including phenoxy) is 2. The molecule has 0 aliphatic rings. The lowest BCUT2D eigenvalue weighted by Crippen LogP contribution is -2.13. The van der Waals surface area contributed by atoms with E-state index in [0.717, 1.165) is 5.56 Å². The second-order valence-corrected chi connectivity index (χ2v) is 5.84. The van der Waals surface area contributed by atoms with E-state index < -0.39 is 0 Å². The van der Waals surface area contributed by atoms with Crippen molar-refractivity contribution in [2.75, 3.05) is 11.9 Å². The molecule has 3 aromatic rings. The first kappa shape index (κ1) is 18.9. The summed E-state index contributed by atoms with van der Waals surface area (Å²) in [5.41, 5.74) is 1.70. The SMILES string of the molecule is N#CCOc1cccc(NC(=O)c2ccccc2OCc2ccc(F)cc2)c1. The Morgan fingerprint density at radius 3 is 2.57 bits per heavy atom. The van der Waals surface area contributed by atoms with Gasteiger partial charge in [-0.15, -0.1) is 0 Å². The van der Waals surface area contributed by atoms with Crippen molar-refractivity contribution in [2.24, 2.45) is 0 Å². The van der Waals surface area contributed by atoms with Gasteiger partial charge in [-0.25, -0.2) is 4.39 Å². The molecule has 0 atom stereocenters. The van der Waals surface area contributed by atoms with Crippen LogP contribution in [0.15, 0.2) is 72.8 Å². The van der Waals surface area contributed by atoms with Gasteiger partial charge in [0.25, 0.3) is 5.91 Å². The second-order valence-electron chi connectivity index (χ2n) is 5.84. The van der Waals surface area contributed by atoms with Crippen LogP contribution in [0.2, 0.25) is 0 Å². The van der Waals surface area contributed by atoms with E-state index in [4.69, 9.17) is 14.7 Å². The number of carbonyl (C=O) groups excluding carboxylic acids is 1. The van der Waals surface area contributed by atoms with E-state index in [0.29, 0.717) is 22.7 Å². The van der Waals surface area contributed by atoms with E-state index in [1.54, 1.807) is 60.7 Å². The number of nitrogens with one attached hydrogen (secondary N) is 1. The molecule has 0 heterocycles. The van der Waals surface area contributed by atoms with E-state index in [2.05, 4.69) is 5.32 Å². The smallest absolute Gasteiger partial charge is 0.259 e. The average molecular weight is 376 g/mol. The fourth-order valence-corrected chi connectivity index (χ4v) is 2.50. The minimum absolute atomic E-state index is 0.0720. The summed E-state index contributed by atoms with van der Waals surface area (Å²) in [6.07, 6.45) is 0. The van der Waals surface area contributed by atoms with Gasteiger partial charge in [0.2, 0.25) is 0 Å². The summed E-state index contributed by atoms with van der Waals surface area (Å²) in [6.45, 7) is 0.138. The van der Waals surface area contributed by atoms with Crippen LogP contribution in [0, 0.1) is 17.1 Å². The Kier molecular flexibility index (Phi) is 6.21. The zero-order valence-corrected chi connectivity index (χ0v) is 14.9. The Morgan fingerprint density at radius 1 is 1.00 bits per heavy atom. The molecular weight excluding hydrogens is 359 g/mol. The first-order chi connectivity index (χ1) is 13.7. The normalized spacial score (nSPS) is 10.0. The molecule has 0 aliphatic heterocycles. The summed E-state index contributed by atoms with van der Waals surface area (Å²) in [6, 6.07) is 21.5. The minimum atomic E-state index is -0.341. The predicted octanol–water partition coefficient (Wildman–Crippen LogP) is 4.56. The second kappa shape index (κ2) is 9.19. The summed E-state index contributed by atoms with van der Waals surface area (Å²) in [5.74, 6) is 0.248. The van der Waals surface area contributed by atoms with Gasteiger partial charge >= 0.3 is 0 Å². The van der Waals surface area contributed by atoms with Crippen molar-refractivity contribution < 1.29 is 18.7 Å². The number of hydrogen-bond acceptors (Lipinski definition) is 4. The number of amides is 1. The number of anilines is 1. The van der Waals surface area contributed by atoms with Crippen LogP contribution in [0.3, 0.4) is 0 Å². The molecule has 0 unspecified atom stereocenters. The van der Waals surface area contributed by atoms with Gasteiger partial charge in [0.05, 0.1) is 5.56 Å². The predicted molar refractivity (Wildman–Crippen MR) is 103 cm³/mol. The van der Waals surface area contributed by atoms with Crippen LogP contribution < -0.4 is 14.8 Å². The number of nitrogens with zero attached hydrogens (tertiary/aromatic N) is 1. The number of halogens is 1. The lowest BCUT2D eigenvalue weighted by molar-refractivity contribution is 0.102. The highest BCUT2D eigenvalue weighted by Crippen LogP contribution is 2.23. The largest absolute Gasteiger partial charge is 0.488 e. The Labute approximate surface area is 162 Å². The maximum absolute atomic E-state index is 13.0. The molecule has 0 radical (unpaired) electrons. The number of hydrogen-bond donors (Lipinski definition) is 1. The number of nitriles is 1. The quantitative estimate of drug-likeness (QED) is 0.656. The Bertz CT molecular complexity index is 997. The van der Waals surface area contributed by atoms with Gasteiger partial charge in [-0.1, -0.05) is 30.3 Å². The van der Waals surface area contributed by atoms with Gasteiger partial charge in [0, 0.05) is 11.8 Å². The summed E-state index contributed by atoms with van der Waals surface area (Å²) >= 11 is 0. The molecule has 28 heavy (non-hydrogen) atoms. The van der Waals surface area contributed by atoms with Crippen LogP contribution >= 0.6 is 0 Å². The third kappa shape index (κ3) is 5.08. The van der Waals surface area contributed by atoms with Crippen molar-refractivity contribution in [1.82, 2.24) is 0 Å². The standard InChI is InChI=1S/C22H17FN2O3/c23-17-10-8-16(9-11-17)15-28-21-7-2-1-6-20(21)22(26)25-18-4-3-5-19(14-18)27-13-12-24/h1-11,14H,13,15H2,(H,25,26). The van der Waals surface area contributed by atoms with Crippen LogP contribution in [0.5, 0.6) is 11.5 Å². The van der Waals surface area contributed by atoms with Crippen LogP contribution in [0.1, 0.15) is 15.9 Å². The minimum Gasteiger partial charge on any atom is -0.488 e. The van der Waals surface area contributed by atoms with Gasteiger partial charge in [-0.3, -0.25) is 4.79 Å². The molecule has 0 fully saturated rings. The number of benzene rings is 3. The van der Waals surface area contributed by atoms with Gasteiger partial charge < -0.3 is 14.8 Å². The molecule has 0 saturated heterocycles. The van der Waals surface area contributed by atoms with Crippen LogP contribution in [0.4, 0.5) is 10.1 Å². The molecule has 0 bridgehead atoms. The molecule has 140 valence electrons. The number of carbonyl (C=O) groups is 1. The highest BCUT2D eigenvalue weighted by molar-refractivity contribution is 6.06. The molecule has 5 nitrogen and oxygen atoms in total. The molecule has 1 N–H and O–H groups in total. The first-order valence-electron chi connectivity index (χ1n) is 8.53. The molecule has 3 aromatic carbocycles. The van der Waals surface area contributed by atoms with Crippen molar-refractivity contribution in [3.63, 3.8) is 0 Å². The topological polar surface area (TPSA) is 71.3 Å². The van der Waals surface area contributed by atoms with Crippen molar-refractivity contribution in [3.8, 4) is 17.6 Å². The maximum atomic E-state index is 13.0. The average Bonchev–Trinajstić information content (AvgIpc) is 2.72. The molecule has 0 saturated carbocycles. The maximum Gasteiger partial charge on any atom is 0.259 e. The van der Waals surface area contributed by atoms with Crippen molar-refractivity contribution in [1.29, 1.82) is 5.26 Å². The van der Waals surface area contributed by atoms with Crippen molar-refractivity contribution in [3.05, 3.63) is 89.7 Å². The first-order valence-corrected chi connectivity index (χ1v) is 8.53. The number of para-hydroxylation sites is 1. The van der Waals surface area contributed by atoms with E-state index >= 15 is 0 Å². The van der Waals surface area contributed by atoms with E-state index in [1.165, 1.54) is 12.1 Å². The zero-order valence-electron chi connectivity index (χ0n) is 14.9. The Morgan fingerprint density at radius 2 is 1.79 bits per heavy atom. The Balaban J connectivity index is 1.70. The van der Waals surface area contributed by atoms with E-state index in [1.807, 2.05) is 6.07 Å². The van der Waals surface area contributed by atoms with Crippen LogP contribution in [-0.2, 0) is 6.61 Å². The zero-order chi connectivity index (χ0) is 19.8. The Hall–Kier alpha value is -3.85. The highest BCUT2D eigenvalue weighted by atomic mass is 19.1. The number of rotatable bonds is 7. The fraction of sp³-hybridized carbons (Fsp3) is 0.0909. The monoisotopic (exact) mass is 376 g/mol. The molecule has 1 amide bonds.